The molecular weight excluding hydrogens is 705 g/mol. The number of ether oxygens (including phenoxy) is 1. The van der Waals surface area contributed by atoms with Gasteiger partial charge in [-0.3, -0.25) is 14.9 Å². The molecule has 0 saturated carbocycles. The molecule has 0 atom stereocenters. The summed E-state index contributed by atoms with van der Waals surface area (Å²) in [6.07, 6.45) is 1.45. The van der Waals surface area contributed by atoms with E-state index >= 15 is 0 Å². The van der Waals surface area contributed by atoms with Crippen molar-refractivity contribution in [3.8, 4) is 5.75 Å². The molecule has 0 spiro atoms. The van der Waals surface area contributed by atoms with Crippen LogP contribution in [-0.2, 0) is 16.2 Å². The largest absolute Gasteiger partial charge is 0.487 e. The Morgan fingerprint density at radius 3 is 2.24 bits per heavy atom. The van der Waals surface area contributed by atoms with Gasteiger partial charge >= 0.3 is 6.03 Å². The van der Waals surface area contributed by atoms with Crippen molar-refractivity contribution < 1.29 is 19.1 Å². The van der Waals surface area contributed by atoms with Crippen molar-refractivity contribution in [2.45, 2.75) is 6.61 Å². The molecule has 1 aliphatic heterocycles. The lowest BCUT2D eigenvalue weighted by Gasteiger charge is -2.26. The molecule has 3 aromatic carbocycles. The molecule has 1 saturated heterocycles. The Kier molecular flexibility index (Phi) is 7.80. The van der Waals surface area contributed by atoms with Gasteiger partial charge in [0.05, 0.1) is 12.8 Å². The third-order valence-electron chi connectivity index (χ3n) is 4.85. The quantitative estimate of drug-likeness (QED) is 0.187. The van der Waals surface area contributed by atoms with Crippen molar-refractivity contribution in [2.24, 2.45) is 0 Å². The van der Waals surface area contributed by atoms with Gasteiger partial charge in [-0.05, 0) is 99.3 Å². The van der Waals surface area contributed by atoms with Crippen LogP contribution in [0, 0.1) is 7.14 Å². The predicted molar refractivity (Wildman–Crippen MR) is 148 cm³/mol. The number of anilines is 1. The molecule has 0 bridgehead atoms. The summed E-state index contributed by atoms with van der Waals surface area (Å²) in [6, 6.07) is 16.4. The van der Waals surface area contributed by atoms with Gasteiger partial charge in [-0.2, -0.15) is 0 Å². The van der Waals surface area contributed by atoms with E-state index in [-0.39, 0.29) is 5.57 Å². The van der Waals surface area contributed by atoms with Crippen LogP contribution >= 0.6 is 68.4 Å². The minimum atomic E-state index is -0.818. The Labute approximate surface area is 232 Å². The van der Waals surface area contributed by atoms with Crippen LogP contribution in [0.4, 0.5) is 10.5 Å². The SMILES string of the molecule is O=C1NC(=O)N(c2ccc(Cl)cc2)C(=O)/C1=C/c1cc(I)c(OCc2ccccc2Cl)c(I)c1. The van der Waals surface area contributed by atoms with Gasteiger partial charge in [0.2, 0.25) is 0 Å². The average Bonchev–Trinajstić information content (AvgIpc) is 2.78. The molecule has 0 unspecified atom stereocenters. The number of barbiturate groups is 1. The topological polar surface area (TPSA) is 75.7 Å². The van der Waals surface area contributed by atoms with E-state index in [1.165, 1.54) is 18.2 Å². The number of rotatable bonds is 5. The van der Waals surface area contributed by atoms with Gasteiger partial charge in [-0.15, -0.1) is 0 Å². The number of imide groups is 2. The average molecular weight is 719 g/mol. The molecule has 0 aromatic heterocycles. The number of nitrogens with one attached hydrogen (secondary N) is 1. The highest BCUT2D eigenvalue weighted by Gasteiger charge is 2.36. The Morgan fingerprint density at radius 1 is 0.941 bits per heavy atom. The number of carbonyl (C=O) groups is 3. The third-order valence-corrected chi connectivity index (χ3v) is 7.07. The van der Waals surface area contributed by atoms with E-state index in [4.69, 9.17) is 27.9 Å². The summed E-state index contributed by atoms with van der Waals surface area (Å²) >= 11 is 16.4. The zero-order valence-electron chi connectivity index (χ0n) is 17.2. The summed E-state index contributed by atoms with van der Waals surface area (Å²) in [4.78, 5) is 38.8. The summed E-state index contributed by atoms with van der Waals surface area (Å²) in [5.74, 6) is -0.815. The maximum absolute atomic E-state index is 13.1. The van der Waals surface area contributed by atoms with E-state index in [9.17, 15) is 14.4 Å². The van der Waals surface area contributed by atoms with Crippen LogP contribution in [-0.4, -0.2) is 17.8 Å². The molecule has 3 aromatic rings. The predicted octanol–water partition coefficient (Wildman–Crippen LogP) is 6.45. The summed E-state index contributed by atoms with van der Waals surface area (Å²) in [7, 11) is 0. The van der Waals surface area contributed by atoms with E-state index in [0.717, 1.165) is 17.6 Å². The van der Waals surface area contributed by atoms with Crippen molar-refractivity contribution in [2.75, 3.05) is 4.90 Å². The van der Waals surface area contributed by atoms with E-state index < -0.39 is 17.8 Å². The highest BCUT2D eigenvalue weighted by atomic mass is 127. The number of hydrogen-bond acceptors (Lipinski definition) is 4. The molecule has 0 radical (unpaired) electrons. The van der Waals surface area contributed by atoms with Gasteiger partial charge < -0.3 is 4.74 Å². The summed E-state index contributed by atoms with van der Waals surface area (Å²) in [5.41, 5.74) is 1.62. The first-order valence-electron chi connectivity index (χ1n) is 9.77. The van der Waals surface area contributed by atoms with Crippen LogP contribution in [0.3, 0.4) is 0 Å². The van der Waals surface area contributed by atoms with E-state index in [1.54, 1.807) is 30.3 Å². The second kappa shape index (κ2) is 10.6. The minimum absolute atomic E-state index is 0.161. The normalized spacial score (nSPS) is 15.0. The summed E-state index contributed by atoms with van der Waals surface area (Å²) in [6.45, 7) is 0.297. The number of benzene rings is 3. The van der Waals surface area contributed by atoms with Crippen LogP contribution in [0.25, 0.3) is 6.08 Å². The van der Waals surface area contributed by atoms with E-state index in [2.05, 4.69) is 50.5 Å². The van der Waals surface area contributed by atoms with Crippen LogP contribution < -0.4 is 15.0 Å². The second-order valence-corrected chi connectivity index (χ2v) is 10.3. The Bertz CT molecular complexity index is 1320. The van der Waals surface area contributed by atoms with Crippen LogP contribution in [0.15, 0.2) is 66.2 Å². The molecule has 1 heterocycles. The third kappa shape index (κ3) is 5.40. The van der Waals surface area contributed by atoms with Gasteiger partial charge in [0.15, 0.2) is 0 Å². The molecule has 172 valence electrons. The van der Waals surface area contributed by atoms with Gasteiger partial charge in [0, 0.05) is 15.6 Å². The zero-order valence-corrected chi connectivity index (χ0v) is 23.0. The standard InChI is InChI=1S/C24H14Cl2I2N2O4/c25-15-5-7-16(8-6-15)30-23(32)17(22(31)29-24(30)33)9-13-10-19(27)21(20(28)11-13)34-12-14-3-1-2-4-18(14)26/h1-11H,12H2,(H,29,31,33)/b17-9+. The zero-order chi connectivity index (χ0) is 24.4. The monoisotopic (exact) mass is 718 g/mol. The summed E-state index contributed by atoms with van der Waals surface area (Å²) in [5, 5.41) is 3.29. The summed E-state index contributed by atoms with van der Waals surface area (Å²) < 4.78 is 7.57. The number of amides is 4. The number of hydrogen-bond donors (Lipinski definition) is 1. The highest BCUT2D eigenvalue weighted by Crippen LogP contribution is 2.32. The van der Waals surface area contributed by atoms with Crippen LogP contribution in [0.1, 0.15) is 11.1 Å². The maximum atomic E-state index is 13.1. The van der Waals surface area contributed by atoms with Gasteiger partial charge in [-0.1, -0.05) is 41.4 Å². The molecule has 4 rings (SSSR count). The first-order valence-corrected chi connectivity index (χ1v) is 12.7. The molecule has 34 heavy (non-hydrogen) atoms. The number of urea groups is 1. The number of carbonyl (C=O) groups excluding carboxylic acids is 3. The van der Waals surface area contributed by atoms with E-state index in [1.807, 2.05) is 18.2 Å². The Morgan fingerprint density at radius 2 is 1.59 bits per heavy atom. The van der Waals surface area contributed by atoms with Gasteiger partial charge in [0.1, 0.15) is 17.9 Å². The first-order chi connectivity index (χ1) is 16.2. The van der Waals surface area contributed by atoms with Crippen molar-refractivity contribution in [3.05, 3.63) is 94.5 Å². The van der Waals surface area contributed by atoms with Crippen molar-refractivity contribution >= 4 is 98.0 Å². The van der Waals surface area contributed by atoms with Crippen molar-refractivity contribution in [3.63, 3.8) is 0 Å². The Balaban J connectivity index is 1.61. The molecule has 1 N–H and O–H groups in total. The van der Waals surface area contributed by atoms with E-state index in [0.29, 0.717) is 33.7 Å². The molecular formula is C24H14Cl2I2N2O4. The minimum Gasteiger partial charge on any atom is -0.487 e. The first kappa shape index (κ1) is 25.0. The van der Waals surface area contributed by atoms with Crippen LogP contribution in [0.2, 0.25) is 10.0 Å². The highest BCUT2D eigenvalue weighted by molar-refractivity contribution is 14.1. The van der Waals surface area contributed by atoms with Crippen molar-refractivity contribution in [1.82, 2.24) is 5.32 Å². The maximum Gasteiger partial charge on any atom is 0.335 e. The fourth-order valence-electron chi connectivity index (χ4n) is 3.21. The Hall–Kier alpha value is -2.15. The van der Waals surface area contributed by atoms with Gasteiger partial charge in [0.25, 0.3) is 11.8 Å². The molecule has 0 aliphatic carbocycles. The van der Waals surface area contributed by atoms with Gasteiger partial charge in [-0.25, -0.2) is 9.69 Å². The molecule has 10 heteroatoms. The smallest absolute Gasteiger partial charge is 0.335 e. The second-order valence-electron chi connectivity index (χ2n) is 7.13. The number of nitrogens with zero attached hydrogens (tertiary/aromatic N) is 1. The molecule has 6 nitrogen and oxygen atoms in total. The lowest BCUT2D eigenvalue weighted by Crippen LogP contribution is -2.54. The lowest BCUT2D eigenvalue weighted by molar-refractivity contribution is -0.122. The van der Waals surface area contributed by atoms with Crippen LogP contribution in [0.5, 0.6) is 5.75 Å². The molecule has 4 amide bonds. The fraction of sp³-hybridized carbons (Fsp3) is 0.0417. The van der Waals surface area contributed by atoms with Crippen molar-refractivity contribution in [1.29, 1.82) is 0 Å². The molecule has 1 aliphatic rings. The molecule has 1 fully saturated rings. The number of halogens is 4. The lowest BCUT2D eigenvalue weighted by atomic mass is 10.1. The fourth-order valence-corrected chi connectivity index (χ4v) is 5.66.